The predicted molar refractivity (Wildman–Crippen MR) is 164 cm³/mol. The van der Waals surface area contributed by atoms with Gasteiger partial charge in [0.25, 0.3) is 15.9 Å². The predicted octanol–water partition coefficient (Wildman–Crippen LogP) is 6.25. The van der Waals surface area contributed by atoms with E-state index in [0.29, 0.717) is 27.7 Å². The number of aromatic nitrogens is 1. The van der Waals surface area contributed by atoms with E-state index in [9.17, 15) is 27.5 Å². The number of rotatable bonds is 4. The van der Waals surface area contributed by atoms with Crippen molar-refractivity contribution in [2.24, 2.45) is 0 Å². The number of aryl methyl sites for hydroxylation is 1. The molecule has 220 valence electrons. The first-order valence-electron chi connectivity index (χ1n) is 14.1. The molecule has 7 rings (SSSR count). The van der Waals surface area contributed by atoms with Gasteiger partial charge in [0.05, 0.1) is 22.1 Å². The van der Waals surface area contributed by atoms with Crippen molar-refractivity contribution in [1.82, 2.24) is 8.87 Å². The molecular weight excluding hydrogens is 579 g/mol. The molecule has 1 fully saturated rings. The van der Waals surface area contributed by atoms with Crippen molar-refractivity contribution >= 4 is 32.6 Å². The van der Waals surface area contributed by atoms with Gasteiger partial charge in [-0.25, -0.2) is 16.8 Å². The molecule has 0 bridgehead atoms. The Morgan fingerprint density at radius 3 is 2.11 bits per heavy atom. The smallest absolute Gasteiger partial charge is 0.268 e. The molecular formula is C35H27FN2O5S. The summed E-state index contributed by atoms with van der Waals surface area (Å²) in [6, 6.07) is 25.1. The zero-order valence-electron chi connectivity index (χ0n) is 23.9. The summed E-state index contributed by atoms with van der Waals surface area (Å²) in [6.45, 7) is 3.18. The second kappa shape index (κ2) is 10.0. The van der Waals surface area contributed by atoms with Gasteiger partial charge in [-0.1, -0.05) is 72.3 Å². The van der Waals surface area contributed by atoms with Crippen molar-refractivity contribution in [3.8, 4) is 11.1 Å². The Morgan fingerprint density at radius 2 is 1.48 bits per heavy atom. The van der Waals surface area contributed by atoms with Gasteiger partial charge in [-0.2, -0.15) is 0 Å². The van der Waals surface area contributed by atoms with Crippen LogP contribution >= 0.6 is 0 Å². The molecule has 2 aliphatic heterocycles. The van der Waals surface area contributed by atoms with E-state index in [1.165, 1.54) is 27.9 Å². The van der Waals surface area contributed by atoms with Crippen molar-refractivity contribution in [2.75, 3.05) is 0 Å². The highest BCUT2D eigenvalue weighted by Crippen LogP contribution is 2.47. The number of benzene rings is 4. The summed E-state index contributed by atoms with van der Waals surface area (Å²) >= 11 is 0. The molecule has 2 aliphatic rings. The van der Waals surface area contributed by atoms with Gasteiger partial charge in [0, 0.05) is 11.8 Å². The number of aliphatic hydroxyl groups is 1. The van der Waals surface area contributed by atoms with Gasteiger partial charge in [-0.15, -0.1) is 0 Å². The lowest BCUT2D eigenvalue weighted by Gasteiger charge is -2.38. The van der Waals surface area contributed by atoms with E-state index < -0.39 is 33.8 Å². The molecule has 9 heteroatoms. The lowest BCUT2D eigenvalue weighted by atomic mass is 9.88. The van der Waals surface area contributed by atoms with E-state index in [2.05, 4.69) is 0 Å². The van der Waals surface area contributed by atoms with Crippen LogP contribution in [-0.2, 0) is 26.0 Å². The summed E-state index contributed by atoms with van der Waals surface area (Å²) in [7, 11) is -4.17. The van der Waals surface area contributed by atoms with Gasteiger partial charge in [0.15, 0.2) is 5.78 Å². The lowest BCUT2D eigenvalue weighted by Crippen LogP contribution is -2.45. The number of nitrogens with zero attached hydrogens (tertiary/aromatic N) is 2. The van der Waals surface area contributed by atoms with Gasteiger partial charge in [0.2, 0.25) is 0 Å². The fourth-order valence-electron chi connectivity index (χ4n) is 6.50. The van der Waals surface area contributed by atoms with Crippen LogP contribution in [0.3, 0.4) is 0 Å². The highest BCUT2D eigenvalue weighted by molar-refractivity contribution is 7.90. The largest absolute Gasteiger partial charge is 0.512 e. The maximum atomic E-state index is 14.5. The third-order valence-corrected chi connectivity index (χ3v) is 10.3. The molecule has 44 heavy (non-hydrogen) atoms. The van der Waals surface area contributed by atoms with Crippen molar-refractivity contribution in [3.63, 3.8) is 0 Å². The molecule has 5 aromatic rings. The van der Waals surface area contributed by atoms with Crippen LogP contribution < -0.4 is 0 Å². The van der Waals surface area contributed by atoms with E-state index >= 15 is 0 Å². The van der Waals surface area contributed by atoms with Crippen LogP contribution in [0.1, 0.15) is 35.3 Å². The summed E-state index contributed by atoms with van der Waals surface area (Å²) in [4.78, 5) is 29.0. The first-order chi connectivity index (χ1) is 21.1. The Morgan fingerprint density at radius 1 is 0.864 bits per heavy atom. The number of aliphatic hydroxyl groups excluding tert-OH is 1. The Balaban J connectivity index is 1.51. The maximum absolute atomic E-state index is 14.5. The Labute approximate surface area is 253 Å². The van der Waals surface area contributed by atoms with Crippen LogP contribution in [0.15, 0.2) is 113 Å². The molecule has 0 spiro atoms. The standard InChI is InChI=1S/C35H27FN2O5S/c1-20-7-17-26(18-8-20)44(42,43)38-29-6-4-3-5-27(29)28-19-30-34(40)31(21(2)39)35(41)37(30)32(33(28)38)24-11-9-22(10-12-24)23-13-15-25(36)16-14-23/h3-18,30,32,39H,19H2,1-2H3/b31-21-/t30-,32+/m0/s1. The summed E-state index contributed by atoms with van der Waals surface area (Å²) < 4.78 is 43.8. The van der Waals surface area contributed by atoms with Gasteiger partial charge in [-0.3, -0.25) is 9.59 Å². The molecule has 0 radical (unpaired) electrons. The number of hydrogen-bond donors (Lipinski definition) is 1. The highest BCUT2D eigenvalue weighted by Gasteiger charge is 2.53. The van der Waals surface area contributed by atoms with E-state index in [0.717, 1.165) is 16.7 Å². The first-order valence-corrected chi connectivity index (χ1v) is 15.6. The number of para-hydroxylation sites is 1. The summed E-state index contributed by atoms with van der Waals surface area (Å²) in [6.07, 6.45) is 0.0950. The number of ketones is 1. The van der Waals surface area contributed by atoms with Crippen LogP contribution in [-0.4, -0.2) is 40.1 Å². The zero-order chi connectivity index (χ0) is 30.9. The second-order valence-electron chi connectivity index (χ2n) is 11.3. The van der Waals surface area contributed by atoms with Crippen molar-refractivity contribution in [1.29, 1.82) is 0 Å². The second-order valence-corrected chi connectivity index (χ2v) is 13.0. The average molecular weight is 607 g/mol. The molecule has 3 heterocycles. The fraction of sp³-hybridized carbons (Fsp3) is 0.143. The number of carbonyl (C=O) groups is 2. The highest BCUT2D eigenvalue weighted by atomic mass is 32.2. The van der Waals surface area contributed by atoms with Crippen LogP contribution in [0.4, 0.5) is 4.39 Å². The minimum Gasteiger partial charge on any atom is -0.512 e. The van der Waals surface area contributed by atoms with Gasteiger partial charge in [0.1, 0.15) is 23.2 Å². The molecule has 1 N–H and O–H groups in total. The SMILES string of the molecule is C/C(O)=C1\C(=O)[C@@H]2Cc3c(n(S(=O)(=O)c4ccc(C)cc4)c4ccccc34)[C@@H](c3ccc(-c4ccc(F)cc4)cc3)N2C1=O. The van der Waals surface area contributed by atoms with E-state index in [4.69, 9.17) is 0 Å². The molecule has 4 aromatic carbocycles. The Hall–Kier alpha value is -5.02. The zero-order valence-corrected chi connectivity index (χ0v) is 24.7. The topological polar surface area (TPSA) is 96.7 Å². The molecule has 1 amide bonds. The van der Waals surface area contributed by atoms with Crippen LogP contribution in [0.5, 0.6) is 0 Å². The maximum Gasteiger partial charge on any atom is 0.268 e. The van der Waals surface area contributed by atoms with E-state index in [-0.39, 0.29) is 28.5 Å². The van der Waals surface area contributed by atoms with Gasteiger partial charge < -0.3 is 10.0 Å². The van der Waals surface area contributed by atoms with E-state index in [1.807, 2.05) is 31.2 Å². The number of allylic oxidation sites excluding steroid dienone is 1. The van der Waals surface area contributed by atoms with Crippen LogP contribution in [0.2, 0.25) is 0 Å². The minimum atomic E-state index is -4.17. The molecule has 1 aromatic heterocycles. The van der Waals surface area contributed by atoms with Gasteiger partial charge in [-0.05, 0) is 66.4 Å². The van der Waals surface area contributed by atoms with Crippen molar-refractivity contribution in [2.45, 2.75) is 37.2 Å². The molecule has 1 saturated heterocycles. The van der Waals surface area contributed by atoms with Crippen LogP contribution in [0.25, 0.3) is 22.0 Å². The molecule has 2 atom stereocenters. The van der Waals surface area contributed by atoms with Gasteiger partial charge >= 0.3 is 0 Å². The first kappa shape index (κ1) is 27.8. The number of hydrogen-bond acceptors (Lipinski definition) is 5. The molecule has 0 saturated carbocycles. The third kappa shape index (κ3) is 4.11. The monoisotopic (exact) mass is 606 g/mol. The average Bonchev–Trinajstić information content (AvgIpc) is 3.48. The lowest BCUT2D eigenvalue weighted by molar-refractivity contribution is -0.129. The van der Waals surface area contributed by atoms with E-state index in [1.54, 1.807) is 60.7 Å². The number of halogens is 1. The summed E-state index contributed by atoms with van der Waals surface area (Å²) in [5, 5.41) is 11.0. The normalized spacial score (nSPS) is 19.3. The number of Topliss-reactive ketones (excluding diaryl/α,β-unsaturated/α-hetero) is 1. The quantitative estimate of drug-likeness (QED) is 0.148. The fourth-order valence-corrected chi connectivity index (χ4v) is 8.07. The number of fused-ring (bicyclic) bond motifs is 4. The molecule has 0 unspecified atom stereocenters. The molecule has 0 aliphatic carbocycles. The van der Waals surface area contributed by atoms with Crippen LogP contribution in [0, 0.1) is 12.7 Å². The Kier molecular flexibility index (Phi) is 6.33. The number of carbonyl (C=O) groups excluding carboxylic acids is 2. The number of amides is 1. The summed E-state index contributed by atoms with van der Waals surface area (Å²) in [5.41, 5.74) is 4.26. The molecule has 7 nitrogen and oxygen atoms in total. The third-order valence-electron chi connectivity index (χ3n) is 8.57. The van der Waals surface area contributed by atoms with Crippen molar-refractivity contribution < 1.29 is 27.5 Å². The Bertz CT molecular complexity index is 2130. The minimum absolute atomic E-state index is 0.0924. The summed E-state index contributed by atoms with van der Waals surface area (Å²) in [5.74, 6) is -1.87. The van der Waals surface area contributed by atoms with Crippen molar-refractivity contribution in [3.05, 3.63) is 137 Å².